The first-order valence-electron chi connectivity index (χ1n) is 4.49. The van der Waals surface area contributed by atoms with Crippen LogP contribution in [0.3, 0.4) is 0 Å². The normalized spacial score (nSPS) is 11.4. The summed E-state index contributed by atoms with van der Waals surface area (Å²) in [7, 11) is 0. The van der Waals surface area contributed by atoms with Gasteiger partial charge in [-0.05, 0) is 24.5 Å². The summed E-state index contributed by atoms with van der Waals surface area (Å²) in [5.41, 5.74) is 3.18. The molecule has 0 spiro atoms. The van der Waals surface area contributed by atoms with Crippen LogP contribution in [0, 0.1) is 6.92 Å². The van der Waals surface area contributed by atoms with E-state index in [1.807, 2.05) is 19.3 Å². The smallest absolute Gasteiger partial charge is 0.154 e. The highest BCUT2D eigenvalue weighted by Crippen LogP contribution is 2.14. The summed E-state index contributed by atoms with van der Waals surface area (Å²) in [5.74, 6) is 0.509. The van der Waals surface area contributed by atoms with Gasteiger partial charge < -0.3 is 0 Å². The van der Waals surface area contributed by atoms with Crippen LogP contribution >= 0.6 is 0 Å². The lowest BCUT2D eigenvalue weighted by atomic mass is 10.1. The van der Waals surface area contributed by atoms with E-state index in [1.165, 1.54) is 5.56 Å². The highest BCUT2D eigenvalue weighted by Gasteiger charge is 2.03. The van der Waals surface area contributed by atoms with Gasteiger partial charge in [-0.2, -0.15) is 5.10 Å². The summed E-state index contributed by atoms with van der Waals surface area (Å²) in [5, 5.41) is 4.28. The van der Waals surface area contributed by atoms with Gasteiger partial charge in [-0.25, -0.2) is 9.50 Å². The van der Waals surface area contributed by atoms with E-state index in [0.717, 1.165) is 11.3 Å². The van der Waals surface area contributed by atoms with Crippen molar-refractivity contribution in [3.63, 3.8) is 0 Å². The maximum absolute atomic E-state index is 4.36. The summed E-state index contributed by atoms with van der Waals surface area (Å²) in [4.78, 5) is 4.36. The molecule has 0 aliphatic heterocycles. The van der Waals surface area contributed by atoms with Gasteiger partial charge in [0, 0.05) is 0 Å². The van der Waals surface area contributed by atoms with Crippen LogP contribution in [0.15, 0.2) is 18.5 Å². The molecule has 0 unspecified atom stereocenters. The molecule has 2 aromatic rings. The molecule has 0 bridgehead atoms. The molecule has 68 valence electrons. The molecule has 13 heavy (non-hydrogen) atoms. The molecule has 3 nitrogen and oxygen atoms in total. The van der Waals surface area contributed by atoms with E-state index in [-0.39, 0.29) is 0 Å². The van der Waals surface area contributed by atoms with Gasteiger partial charge in [-0.15, -0.1) is 0 Å². The number of nitrogens with zero attached hydrogens (tertiary/aromatic N) is 3. The fraction of sp³-hybridized carbons (Fsp3) is 0.400. The van der Waals surface area contributed by atoms with Gasteiger partial charge in [-0.3, -0.25) is 0 Å². The van der Waals surface area contributed by atoms with E-state index in [0.29, 0.717) is 5.92 Å². The molecule has 0 saturated carbocycles. The first kappa shape index (κ1) is 8.23. The minimum absolute atomic E-state index is 0.509. The predicted molar refractivity (Wildman–Crippen MR) is 51.8 cm³/mol. The van der Waals surface area contributed by atoms with Crippen LogP contribution in [0.1, 0.15) is 31.0 Å². The standard InChI is InChI=1S/C10H13N3/c1-7(2)9-4-10-12-8(3)6-13(10)11-5-9/h4-7H,1-3H3. The Morgan fingerprint density at radius 1 is 1.38 bits per heavy atom. The number of imidazole rings is 1. The maximum Gasteiger partial charge on any atom is 0.154 e. The van der Waals surface area contributed by atoms with E-state index in [9.17, 15) is 0 Å². The molecule has 0 aliphatic carbocycles. The molecule has 0 N–H and O–H groups in total. The van der Waals surface area contributed by atoms with Crippen molar-refractivity contribution in [2.24, 2.45) is 0 Å². The SMILES string of the molecule is Cc1cn2ncc(C(C)C)cc2n1. The summed E-state index contributed by atoms with van der Waals surface area (Å²) in [6.45, 7) is 6.29. The van der Waals surface area contributed by atoms with Gasteiger partial charge in [0.1, 0.15) is 0 Å². The van der Waals surface area contributed by atoms with Crippen LogP contribution in [0.5, 0.6) is 0 Å². The van der Waals surface area contributed by atoms with E-state index in [4.69, 9.17) is 0 Å². The monoisotopic (exact) mass is 175 g/mol. The molecule has 3 heteroatoms. The van der Waals surface area contributed by atoms with Crippen LogP contribution in [0.4, 0.5) is 0 Å². The van der Waals surface area contributed by atoms with Gasteiger partial charge in [0.05, 0.1) is 18.1 Å². The van der Waals surface area contributed by atoms with Gasteiger partial charge in [0.2, 0.25) is 0 Å². The van der Waals surface area contributed by atoms with Crippen molar-refractivity contribution in [1.29, 1.82) is 0 Å². The molecule has 0 fully saturated rings. The number of aromatic nitrogens is 3. The Balaban J connectivity index is 2.61. The topological polar surface area (TPSA) is 30.2 Å². The molecule has 0 amide bonds. The quantitative estimate of drug-likeness (QED) is 0.664. The van der Waals surface area contributed by atoms with Gasteiger partial charge in [0.25, 0.3) is 0 Å². The third-order valence-corrected chi connectivity index (χ3v) is 2.13. The van der Waals surface area contributed by atoms with Crippen LogP contribution in [0.2, 0.25) is 0 Å². The first-order valence-corrected chi connectivity index (χ1v) is 4.49. The molecule has 2 aromatic heterocycles. The largest absolute Gasteiger partial charge is 0.232 e. The summed E-state index contributed by atoms with van der Waals surface area (Å²) in [6, 6.07) is 2.09. The number of hydrogen-bond donors (Lipinski definition) is 0. The summed E-state index contributed by atoms with van der Waals surface area (Å²) >= 11 is 0. The zero-order valence-corrected chi connectivity index (χ0v) is 8.15. The van der Waals surface area contributed by atoms with E-state index < -0.39 is 0 Å². The van der Waals surface area contributed by atoms with Crippen molar-refractivity contribution in [3.8, 4) is 0 Å². The van der Waals surface area contributed by atoms with Gasteiger partial charge in [0.15, 0.2) is 5.65 Å². The van der Waals surface area contributed by atoms with Crippen molar-refractivity contribution >= 4 is 5.65 Å². The second kappa shape index (κ2) is 2.83. The minimum atomic E-state index is 0.509. The van der Waals surface area contributed by atoms with Gasteiger partial charge in [-0.1, -0.05) is 13.8 Å². The zero-order valence-electron chi connectivity index (χ0n) is 8.15. The van der Waals surface area contributed by atoms with Crippen molar-refractivity contribution in [1.82, 2.24) is 14.6 Å². The lowest BCUT2D eigenvalue weighted by Crippen LogP contribution is -1.94. The Kier molecular flexibility index (Phi) is 1.79. The molecule has 0 aliphatic rings. The second-order valence-electron chi connectivity index (χ2n) is 3.63. The van der Waals surface area contributed by atoms with Crippen molar-refractivity contribution in [2.45, 2.75) is 26.7 Å². The second-order valence-corrected chi connectivity index (χ2v) is 3.63. The van der Waals surface area contributed by atoms with E-state index >= 15 is 0 Å². The highest BCUT2D eigenvalue weighted by molar-refractivity contribution is 5.41. The van der Waals surface area contributed by atoms with Crippen molar-refractivity contribution in [3.05, 3.63) is 29.7 Å². The Morgan fingerprint density at radius 3 is 2.85 bits per heavy atom. The van der Waals surface area contributed by atoms with E-state index in [2.05, 4.69) is 30.0 Å². The minimum Gasteiger partial charge on any atom is -0.232 e. The molecule has 0 aromatic carbocycles. The maximum atomic E-state index is 4.36. The predicted octanol–water partition coefficient (Wildman–Crippen LogP) is 2.16. The number of hydrogen-bond acceptors (Lipinski definition) is 2. The molecular formula is C10H13N3. The average molecular weight is 175 g/mol. The van der Waals surface area contributed by atoms with Crippen molar-refractivity contribution < 1.29 is 0 Å². The molecule has 2 heterocycles. The number of rotatable bonds is 1. The van der Waals surface area contributed by atoms with Crippen LogP contribution in [-0.4, -0.2) is 14.6 Å². The lowest BCUT2D eigenvalue weighted by Gasteiger charge is -2.03. The fourth-order valence-electron chi connectivity index (χ4n) is 1.33. The Morgan fingerprint density at radius 2 is 2.15 bits per heavy atom. The molecule has 0 atom stereocenters. The van der Waals surface area contributed by atoms with Crippen LogP contribution in [0.25, 0.3) is 5.65 Å². The Bertz CT molecular complexity index is 429. The Hall–Kier alpha value is -1.38. The third kappa shape index (κ3) is 1.41. The average Bonchev–Trinajstić information content (AvgIpc) is 2.42. The van der Waals surface area contributed by atoms with Crippen molar-refractivity contribution in [2.75, 3.05) is 0 Å². The van der Waals surface area contributed by atoms with Crippen LogP contribution < -0.4 is 0 Å². The number of aryl methyl sites for hydroxylation is 1. The van der Waals surface area contributed by atoms with Crippen LogP contribution in [-0.2, 0) is 0 Å². The number of fused-ring (bicyclic) bond motifs is 1. The van der Waals surface area contributed by atoms with Gasteiger partial charge >= 0.3 is 0 Å². The first-order chi connectivity index (χ1) is 6.16. The summed E-state index contributed by atoms with van der Waals surface area (Å²) in [6.07, 6.45) is 3.83. The highest BCUT2D eigenvalue weighted by atomic mass is 15.2. The molecule has 0 saturated heterocycles. The molecule has 2 rings (SSSR count). The zero-order chi connectivity index (χ0) is 9.42. The lowest BCUT2D eigenvalue weighted by molar-refractivity contribution is 0.829. The van der Waals surface area contributed by atoms with E-state index in [1.54, 1.807) is 4.52 Å². The fourth-order valence-corrected chi connectivity index (χ4v) is 1.33. The molecule has 0 radical (unpaired) electrons. The third-order valence-electron chi connectivity index (χ3n) is 2.13. The molecular weight excluding hydrogens is 162 g/mol. The summed E-state index contributed by atoms with van der Waals surface area (Å²) < 4.78 is 1.81. The Labute approximate surface area is 77.4 Å².